The van der Waals surface area contributed by atoms with Crippen molar-refractivity contribution in [2.24, 2.45) is 0 Å². The number of hydrogen-bond donors (Lipinski definition) is 1. The van der Waals surface area contributed by atoms with Crippen LogP contribution in [0.25, 0.3) is 27.8 Å². The Morgan fingerprint density at radius 2 is 2.10 bits per heavy atom. The van der Waals surface area contributed by atoms with Crippen LogP contribution in [0.1, 0.15) is 17.3 Å². The second kappa shape index (κ2) is 7.81. The summed E-state index contributed by atoms with van der Waals surface area (Å²) in [5, 5.41) is 13.1. The van der Waals surface area contributed by atoms with E-state index in [4.69, 9.17) is 9.84 Å². The Kier molecular flexibility index (Phi) is 4.83. The lowest BCUT2D eigenvalue weighted by atomic mass is 10.1. The predicted octanol–water partition coefficient (Wildman–Crippen LogP) is 2.97. The minimum absolute atomic E-state index is 0.249. The first-order valence-electron chi connectivity index (χ1n) is 10.1. The van der Waals surface area contributed by atoms with Gasteiger partial charge in [-0.3, -0.25) is 9.48 Å². The Morgan fingerprint density at radius 3 is 2.81 bits per heavy atom. The van der Waals surface area contributed by atoms with Gasteiger partial charge in [0.25, 0.3) is 0 Å². The number of aryl methyl sites for hydroxylation is 1. The van der Waals surface area contributed by atoms with Crippen LogP contribution in [0.3, 0.4) is 0 Å². The fraction of sp³-hybridized carbons (Fsp3) is 0.217. The molecule has 0 bridgehead atoms. The van der Waals surface area contributed by atoms with E-state index in [1.54, 1.807) is 6.20 Å². The fourth-order valence-corrected chi connectivity index (χ4v) is 3.64. The summed E-state index contributed by atoms with van der Waals surface area (Å²) in [5.74, 6) is -0.249. The van der Waals surface area contributed by atoms with Gasteiger partial charge in [-0.1, -0.05) is 24.3 Å². The highest BCUT2D eigenvalue weighted by Crippen LogP contribution is 2.32. The van der Waals surface area contributed by atoms with Crippen LogP contribution < -0.4 is 5.32 Å². The zero-order chi connectivity index (χ0) is 21.4. The van der Waals surface area contributed by atoms with E-state index in [0.29, 0.717) is 13.2 Å². The molecule has 3 aromatic heterocycles. The molecule has 1 aromatic carbocycles. The molecule has 8 nitrogen and oxygen atoms in total. The summed E-state index contributed by atoms with van der Waals surface area (Å²) in [7, 11) is 0. The number of amides is 1. The maximum Gasteiger partial charge on any atom is 0.243 e. The lowest BCUT2D eigenvalue weighted by Gasteiger charge is -2.25. The number of rotatable bonds is 6. The van der Waals surface area contributed by atoms with Crippen molar-refractivity contribution in [3.63, 3.8) is 0 Å². The number of nitrogens with one attached hydrogen (secondary N) is 1. The van der Waals surface area contributed by atoms with Crippen LogP contribution in [0.5, 0.6) is 0 Å². The lowest BCUT2D eigenvalue weighted by molar-refractivity contribution is -0.116. The van der Waals surface area contributed by atoms with Gasteiger partial charge in [-0.15, -0.1) is 0 Å². The minimum Gasteiger partial charge on any atom is -0.377 e. The van der Waals surface area contributed by atoms with Gasteiger partial charge in [-0.05, 0) is 36.8 Å². The van der Waals surface area contributed by atoms with Gasteiger partial charge in [0.2, 0.25) is 5.91 Å². The monoisotopic (exact) mass is 414 g/mol. The number of aromatic nitrogens is 5. The van der Waals surface area contributed by atoms with Crippen molar-refractivity contribution in [1.29, 1.82) is 0 Å². The Balaban J connectivity index is 1.65. The summed E-state index contributed by atoms with van der Waals surface area (Å²) in [6.07, 6.45) is 6.91. The average molecular weight is 414 g/mol. The zero-order valence-corrected chi connectivity index (χ0v) is 17.2. The normalized spacial score (nSPS) is 13.8. The lowest BCUT2D eigenvalue weighted by Crippen LogP contribution is -2.30. The molecule has 0 saturated carbocycles. The molecule has 1 fully saturated rings. The first-order chi connectivity index (χ1) is 15.1. The third-order valence-corrected chi connectivity index (χ3v) is 5.44. The van der Waals surface area contributed by atoms with Crippen molar-refractivity contribution in [2.45, 2.75) is 19.5 Å². The Labute approximate surface area is 179 Å². The van der Waals surface area contributed by atoms with E-state index < -0.39 is 0 Å². The molecule has 0 spiro atoms. The highest BCUT2D eigenvalue weighted by atomic mass is 16.5. The van der Waals surface area contributed by atoms with Crippen molar-refractivity contribution < 1.29 is 9.53 Å². The zero-order valence-electron chi connectivity index (χ0n) is 17.2. The Hall–Kier alpha value is -3.78. The van der Waals surface area contributed by atoms with E-state index in [-0.39, 0.29) is 18.5 Å². The molecule has 4 aromatic rings. The SMILES string of the molecule is C=CC(=O)NCc1nn(-c2ccc(C)cc2)c2nccc(-c3cnn(C4COC4)c3)c12. The molecule has 0 radical (unpaired) electrons. The van der Waals surface area contributed by atoms with E-state index >= 15 is 0 Å². The molecule has 0 atom stereocenters. The first-order valence-corrected chi connectivity index (χ1v) is 10.1. The molecule has 1 saturated heterocycles. The number of benzene rings is 1. The van der Waals surface area contributed by atoms with E-state index in [2.05, 4.69) is 22.0 Å². The van der Waals surface area contributed by atoms with Crippen molar-refractivity contribution in [3.8, 4) is 16.8 Å². The number of hydrogen-bond acceptors (Lipinski definition) is 5. The van der Waals surface area contributed by atoms with Crippen LogP contribution >= 0.6 is 0 Å². The summed E-state index contributed by atoms with van der Waals surface area (Å²) in [6, 6.07) is 10.3. The Bertz CT molecular complexity index is 1270. The number of carbonyl (C=O) groups excluding carboxylic acids is 1. The highest BCUT2D eigenvalue weighted by Gasteiger charge is 2.23. The molecule has 156 valence electrons. The topological polar surface area (TPSA) is 86.9 Å². The Morgan fingerprint density at radius 1 is 1.29 bits per heavy atom. The van der Waals surface area contributed by atoms with Crippen LogP contribution in [0.15, 0.2) is 61.6 Å². The number of fused-ring (bicyclic) bond motifs is 1. The molecule has 0 unspecified atom stereocenters. The van der Waals surface area contributed by atoms with Crippen LogP contribution in [0, 0.1) is 6.92 Å². The van der Waals surface area contributed by atoms with Gasteiger partial charge in [-0.25, -0.2) is 9.67 Å². The quantitative estimate of drug-likeness (QED) is 0.490. The summed E-state index contributed by atoms with van der Waals surface area (Å²) in [4.78, 5) is 16.4. The average Bonchev–Trinajstić information content (AvgIpc) is 3.36. The van der Waals surface area contributed by atoms with Gasteiger partial charge in [-0.2, -0.15) is 10.2 Å². The molecule has 1 amide bonds. The standard InChI is InChI=1S/C23H22N6O2/c1-3-21(30)25-11-20-22-19(16-10-26-28(12-16)18-13-31-14-18)8-9-24-23(22)29(27-20)17-6-4-15(2)5-7-17/h3-10,12,18H,1,11,13-14H2,2H3,(H,25,30). The number of nitrogens with zero attached hydrogens (tertiary/aromatic N) is 5. The minimum atomic E-state index is -0.249. The molecule has 4 heterocycles. The number of carbonyl (C=O) groups is 1. The smallest absolute Gasteiger partial charge is 0.243 e. The van der Waals surface area contributed by atoms with E-state index in [1.807, 2.05) is 59.0 Å². The second-order valence-electron chi connectivity index (χ2n) is 7.57. The van der Waals surface area contributed by atoms with Crippen LogP contribution in [0.4, 0.5) is 0 Å². The second-order valence-corrected chi connectivity index (χ2v) is 7.57. The van der Waals surface area contributed by atoms with E-state index in [1.165, 1.54) is 11.6 Å². The number of ether oxygens (including phenoxy) is 1. The molecular weight excluding hydrogens is 392 g/mol. The summed E-state index contributed by atoms with van der Waals surface area (Å²) < 4.78 is 9.04. The predicted molar refractivity (Wildman–Crippen MR) is 117 cm³/mol. The molecule has 1 N–H and O–H groups in total. The van der Waals surface area contributed by atoms with Crippen molar-refractivity contribution in [3.05, 3.63) is 72.8 Å². The van der Waals surface area contributed by atoms with Gasteiger partial charge in [0.05, 0.1) is 48.8 Å². The molecule has 1 aliphatic heterocycles. The van der Waals surface area contributed by atoms with Gasteiger partial charge in [0, 0.05) is 18.0 Å². The van der Waals surface area contributed by atoms with Gasteiger partial charge >= 0.3 is 0 Å². The van der Waals surface area contributed by atoms with Gasteiger partial charge in [0.1, 0.15) is 0 Å². The summed E-state index contributed by atoms with van der Waals surface area (Å²) >= 11 is 0. The third kappa shape index (κ3) is 3.51. The molecular formula is C23H22N6O2. The molecule has 1 aliphatic rings. The fourth-order valence-electron chi connectivity index (χ4n) is 3.64. The van der Waals surface area contributed by atoms with Gasteiger partial charge in [0.15, 0.2) is 5.65 Å². The summed E-state index contributed by atoms with van der Waals surface area (Å²) in [5.41, 5.74) is 5.47. The summed E-state index contributed by atoms with van der Waals surface area (Å²) in [6.45, 7) is 7.19. The number of pyridine rings is 1. The van der Waals surface area contributed by atoms with Crippen LogP contribution in [0.2, 0.25) is 0 Å². The molecule has 0 aliphatic carbocycles. The molecule has 8 heteroatoms. The van der Waals surface area contributed by atoms with Crippen molar-refractivity contribution in [1.82, 2.24) is 29.9 Å². The van der Waals surface area contributed by atoms with Crippen LogP contribution in [-0.2, 0) is 16.1 Å². The highest BCUT2D eigenvalue weighted by molar-refractivity contribution is 5.95. The van der Waals surface area contributed by atoms with E-state index in [9.17, 15) is 4.79 Å². The van der Waals surface area contributed by atoms with Crippen LogP contribution in [-0.4, -0.2) is 43.7 Å². The van der Waals surface area contributed by atoms with Gasteiger partial charge < -0.3 is 10.1 Å². The molecule has 5 rings (SSSR count). The largest absolute Gasteiger partial charge is 0.377 e. The third-order valence-electron chi connectivity index (χ3n) is 5.44. The first kappa shape index (κ1) is 19.2. The van der Waals surface area contributed by atoms with Crippen molar-refractivity contribution in [2.75, 3.05) is 13.2 Å². The maximum absolute atomic E-state index is 11.8. The maximum atomic E-state index is 11.8. The van der Waals surface area contributed by atoms with Crippen molar-refractivity contribution >= 4 is 16.9 Å². The van der Waals surface area contributed by atoms with E-state index in [0.717, 1.165) is 33.5 Å². The molecule has 31 heavy (non-hydrogen) atoms.